The molecular weight excluding hydrogens is 357 g/mol. The van der Waals surface area contributed by atoms with Gasteiger partial charge in [0.2, 0.25) is 0 Å². The Morgan fingerprint density at radius 1 is 1.18 bits per heavy atom. The van der Waals surface area contributed by atoms with Gasteiger partial charge in [-0.15, -0.1) is 0 Å². The number of aromatic nitrogens is 2. The van der Waals surface area contributed by atoms with E-state index in [1.165, 1.54) is 17.7 Å². The number of hydrogen-bond acceptors (Lipinski definition) is 3. The predicted octanol–water partition coefficient (Wildman–Crippen LogP) is 3.89. The molecule has 0 spiro atoms. The number of carboxylic acid groups (broad SMARTS) is 1. The predicted molar refractivity (Wildman–Crippen MR) is 105 cm³/mol. The van der Waals surface area contributed by atoms with Crippen LogP contribution < -0.4 is 0 Å². The highest BCUT2D eigenvalue weighted by Gasteiger charge is 2.28. The van der Waals surface area contributed by atoms with Crippen LogP contribution in [0.2, 0.25) is 0 Å². The third-order valence-electron chi connectivity index (χ3n) is 5.22. The van der Waals surface area contributed by atoms with Crippen molar-refractivity contribution in [1.29, 1.82) is 0 Å². The van der Waals surface area contributed by atoms with Gasteiger partial charge in [0.15, 0.2) is 0 Å². The number of halogens is 1. The van der Waals surface area contributed by atoms with Crippen LogP contribution in [0.25, 0.3) is 16.9 Å². The van der Waals surface area contributed by atoms with Crippen LogP contribution in [-0.2, 0) is 11.3 Å². The van der Waals surface area contributed by atoms with Crippen molar-refractivity contribution in [2.75, 3.05) is 13.1 Å². The van der Waals surface area contributed by atoms with E-state index < -0.39 is 5.97 Å². The first-order chi connectivity index (χ1) is 13.5. The Labute approximate surface area is 163 Å². The molecule has 0 amide bonds. The third kappa shape index (κ3) is 3.82. The van der Waals surface area contributed by atoms with Crippen molar-refractivity contribution in [2.24, 2.45) is 5.92 Å². The summed E-state index contributed by atoms with van der Waals surface area (Å²) in [6.45, 7) is 3.93. The van der Waals surface area contributed by atoms with Crippen molar-refractivity contribution < 1.29 is 14.3 Å². The number of aliphatic carboxylic acids is 1. The summed E-state index contributed by atoms with van der Waals surface area (Å²) in [6, 6.07) is 14.4. The Morgan fingerprint density at radius 2 is 1.89 bits per heavy atom. The molecule has 1 aliphatic heterocycles. The number of carbonyl (C=O) groups is 1. The minimum absolute atomic E-state index is 0.285. The van der Waals surface area contributed by atoms with E-state index >= 15 is 0 Å². The van der Waals surface area contributed by atoms with E-state index in [2.05, 4.69) is 4.90 Å². The fourth-order valence-corrected chi connectivity index (χ4v) is 3.62. The Hall–Kier alpha value is -2.99. The molecule has 0 bridgehead atoms. The first-order valence-electron chi connectivity index (χ1n) is 9.36. The van der Waals surface area contributed by atoms with Crippen molar-refractivity contribution in [1.82, 2.24) is 14.7 Å². The summed E-state index contributed by atoms with van der Waals surface area (Å²) in [4.78, 5) is 13.4. The maximum atomic E-state index is 13.4. The van der Waals surface area contributed by atoms with Crippen LogP contribution in [0.15, 0.2) is 54.7 Å². The maximum absolute atomic E-state index is 13.4. The highest BCUT2D eigenvalue weighted by atomic mass is 19.1. The van der Waals surface area contributed by atoms with Gasteiger partial charge in [-0.05, 0) is 56.3 Å². The lowest BCUT2D eigenvalue weighted by Gasteiger charge is -2.15. The second-order valence-corrected chi connectivity index (χ2v) is 7.35. The van der Waals surface area contributed by atoms with Gasteiger partial charge in [0.25, 0.3) is 0 Å². The van der Waals surface area contributed by atoms with Gasteiger partial charge in [0.05, 0.1) is 17.3 Å². The van der Waals surface area contributed by atoms with Crippen molar-refractivity contribution in [2.45, 2.75) is 19.9 Å². The molecule has 0 saturated carbocycles. The van der Waals surface area contributed by atoms with Crippen LogP contribution >= 0.6 is 0 Å². The Kier molecular flexibility index (Phi) is 4.96. The van der Waals surface area contributed by atoms with Gasteiger partial charge in [-0.2, -0.15) is 5.10 Å². The number of likely N-dealkylation sites (tertiary alicyclic amines) is 1. The van der Waals surface area contributed by atoms with E-state index in [-0.39, 0.29) is 11.7 Å². The second-order valence-electron chi connectivity index (χ2n) is 7.35. The van der Waals surface area contributed by atoms with Crippen LogP contribution in [-0.4, -0.2) is 38.8 Å². The van der Waals surface area contributed by atoms with E-state index in [4.69, 9.17) is 5.10 Å². The van der Waals surface area contributed by atoms with Gasteiger partial charge < -0.3 is 5.11 Å². The lowest BCUT2D eigenvalue weighted by molar-refractivity contribution is -0.141. The molecule has 1 N–H and O–H groups in total. The number of hydrogen-bond donors (Lipinski definition) is 1. The van der Waals surface area contributed by atoms with E-state index in [1.807, 2.05) is 42.1 Å². The van der Waals surface area contributed by atoms with Gasteiger partial charge in [0.1, 0.15) is 5.82 Å². The third-order valence-corrected chi connectivity index (χ3v) is 5.22. The highest BCUT2D eigenvalue weighted by Crippen LogP contribution is 2.27. The molecule has 1 aliphatic rings. The smallest absolute Gasteiger partial charge is 0.307 e. The summed E-state index contributed by atoms with van der Waals surface area (Å²) in [5.74, 6) is -1.34. The van der Waals surface area contributed by atoms with Crippen LogP contribution in [0.1, 0.15) is 17.5 Å². The molecule has 2 heterocycles. The molecule has 28 heavy (non-hydrogen) atoms. The molecule has 144 valence electrons. The van der Waals surface area contributed by atoms with E-state index in [9.17, 15) is 14.3 Å². The van der Waals surface area contributed by atoms with E-state index in [0.29, 0.717) is 19.5 Å². The zero-order valence-corrected chi connectivity index (χ0v) is 15.7. The van der Waals surface area contributed by atoms with Gasteiger partial charge in [-0.3, -0.25) is 9.69 Å². The van der Waals surface area contributed by atoms with Crippen LogP contribution in [0, 0.1) is 18.7 Å². The molecule has 3 aromatic rings. The molecule has 1 atom stereocenters. The average molecular weight is 379 g/mol. The summed E-state index contributed by atoms with van der Waals surface area (Å²) >= 11 is 0. The van der Waals surface area contributed by atoms with Crippen molar-refractivity contribution in [3.8, 4) is 16.9 Å². The molecule has 2 aromatic carbocycles. The highest BCUT2D eigenvalue weighted by molar-refractivity contribution is 5.70. The lowest BCUT2D eigenvalue weighted by atomic mass is 10.1. The summed E-state index contributed by atoms with van der Waals surface area (Å²) in [5.41, 5.74) is 4.76. The van der Waals surface area contributed by atoms with Gasteiger partial charge >= 0.3 is 5.97 Å². The molecule has 1 unspecified atom stereocenters. The minimum atomic E-state index is -0.739. The van der Waals surface area contributed by atoms with Crippen LogP contribution in [0.4, 0.5) is 4.39 Å². The van der Waals surface area contributed by atoms with Crippen molar-refractivity contribution in [3.05, 3.63) is 71.7 Å². The first kappa shape index (κ1) is 18.4. The SMILES string of the molecule is Cc1ccc(-n2cc(CN3CCC(C(=O)O)C3)c(-c3ccc(F)cc3)n2)cc1. The van der Waals surface area contributed by atoms with Crippen molar-refractivity contribution in [3.63, 3.8) is 0 Å². The molecule has 1 saturated heterocycles. The molecule has 0 aliphatic carbocycles. The van der Waals surface area contributed by atoms with Crippen LogP contribution in [0.3, 0.4) is 0 Å². The Bertz CT molecular complexity index is 980. The number of nitrogens with zero attached hydrogens (tertiary/aromatic N) is 3. The number of aryl methyl sites for hydroxylation is 1. The molecule has 1 fully saturated rings. The second kappa shape index (κ2) is 7.56. The maximum Gasteiger partial charge on any atom is 0.307 e. The molecule has 4 rings (SSSR count). The largest absolute Gasteiger partial charge is 0.481 e. The standard InChI is InChI=1S/C22H22FN3O2/c1-15-2-8-20(9-3-15)26-14-18(13-25-11-10-17(12-25)22(27)28)21(24-26)16-4-6-19(23)7-5-16/h2-9,14,17H,10-13H2,1H3,(H,27,28). The number of carboxylic acids is 1. The van der Waals surface area contributed by atoms with E-state index in [0.717, 1.165) is 29.1 Å². The molecular formula is C22H22FN3O2. The fourth-order valence-electron chi connectivity index (χ4n) is 3.62. The average Bonchev–Trinajstić information content (AvgIpc) is 3.31. The van der Waals surface area contributed by atoms with Crippen LogP contribution in [0.5, 0.6) is 0 Å². The topological polar surface area (TPSA) is 58.4 Å². The van der Waals surface area contributed by atoms with Gasteiger partial charge in [-0.1, -0.05) is 17.7 Å². The summed E-state index contributed by atoms with van der Waals surface area (Å²) in [6.07, 6.45) is 2.64. The summed E-state index contributed by atoms with van der Waals surface area (Å²) in [5, 5.41) is 14.0. The quantitative estimate of drug-likeness (QED) is 0.731. The first-order valence-corrected chi connectivity index (χ1v) is 9.36. The number of rotatable bonds is 5. The molecule has 0 radical (unpaired) electrons. The number of benzene rings is 2. The normalized spacial score (nSPS) is 17.1. The summed E-state index contributed by atoms with van der Waals surface area (Å²) in [7, 11) is 0. The Morgan fingerprint density at radius 3 is 2.54 bits per heavy atom. The molecule has 1 aromatic heterocycles. The van der Waals surface area contributed by atoms with Crippen molar-refractivity contribution >= 4 is 5.97 Å². The van der Waals surface area contributed by atoms with E-state index in [1.54, 1.807) is 12.1 Å². The molecule has 5 nitrogen and oxygen atoms in total. The zero-order chi connectivity index (χ0) is 19.7. The zero-order valence-electron chi connectivity index (χ0n) is 15.7. The molecule has 6 heteroatoms. The minimum Gasteiger partial charge on any atom is -0.481 e. The lowest BCUT2D eigenvalue weighted by Crippen LogP contribution is -2.22. The monoisotopic (exact) mass is 379 g/mol. The fraction of sp³-hybridized carbons (Fsp3) is 0.273. The van der Waals surface area contributed by atoms with Gasteiger partial charge in [0, 0.05) is 30.4 Å². The van der Waals surface area contributed by atoms with Gasteiger partial charge in [-0.25, -0.2) is 9.07 Å². The summed E-state index contributed by atoms with van der Waals surface area (Å²) < 4.78 is 15.2. The Balaban J connectivity index is 1.67.